The Kier molecular flexibility index (Phi) is 7.07. The molecule has 5 rings (SSSR count). The van der Waals surface area contributed by atoms with Crippen LogP contribution in [0.1, 0.15) is 54.8 Å². The summed E-state index contributed by atoms with van der Waals surface area (Å²) in [5.74, 6) is 0.275. The van der Waals surface area contributed by atoms with Crippen LogP contribution in [0.15, 0.2) is 43.1 Å². The molecule has 0 radical (unpaired) electrons. The fraction of sp³-hybridized carbons (Fsp3) is 0.357. The van der Waals surface area contributed by atoms with Gasteiger partial charge in [0.1, 0.15) is 15.5 Å². The normalized spacial score (nSPS) is 18.7. The molecule has 10 heteroatoms. The number of nitrogens with one attached hydrogen (secondary N) is 3. The first kappa shape index (κ1) is 25.7. The van der Waals surface area contributed by atoms with Crippen molar-refractivity contribution >= 4 is 56.5 Å². The number of carbonyl (C=O) groups excluding carboxylic acids is 3. The van der Waals surface area contributed by atoms with Crippen molar-refractivity contribution < 1.29 is 19.1 Å². The number of amides is 4. The number of anilines is 3. The number of nitrogens with zero attached hydrogens (tertiary/aromatic N) is 2. The van der Waals surface area contributed by atoms with E-state index in [2.05, 4.69) is 27.5 Å². The van der Waals surface area contributed by atoms with Crippen molar-refractivity contribution in [2.75, 3.05) is 10.2 Å². The quantitative estimate of drug-likeness (QED) is 0.351. The second-order valence-electron chi connectivity index (χ2n) is 9.94. The molecule has 1 aromatic carbocycles. The lowest BCUT2D eigenvalue weighted by molar-refractivity contribution is -0.117. The smallest absolute Gasteiger partial charge is 0.331 e. The van der Waals surface area contributed by atoms with Crippen LogP contribution < -0.4 is 25.6 Å². The van der Waals surface area contributed by atoms with Crippen molar-refractivity contribution in [2.24, 2.45) is 0 Å². The van der Waals surface area contributed by atoms with Crippen LogP contribution in [0.25, 0.3) is 10.2 Å². The van der Waals surface area contributed by atoms with Crippen LogP contribution in [-0.4, -0.2) is 41.0 Å². The number of carbonyl (C=O) groups is 3. The summed E-state index contributed by atoms with van der Waals surface area (Å²) in [5.41, 5.74) is 2.77. The van der Waals surface area contributed by atoms with Gasteiger partial charge in [0.05, 0.1) is 28.6 Å². The second-order valence-corrected chi connectivity index (χ2v) is 10.9. The minimum atomic E-state index is -0.344. The van der Waals surface area contributed by atoms with E-state index in [0.717, 1.165) is 41.6 Å². The summed E-state index contributed by atoms with van der Waals surface area (Å²) in [6.45, 7) is 9.37. The zero-order chi connectivity index (χ0) is 27.0. The van der Waals surface area contributed by atoms with Gasteiger partial charge < -0.3 is 20.7 Å². The van der Waals surface area contributed by atoms with Crippen LogP contribution in [0.5, 0.6) is 5.75 Å². The Morgan fingerprint density at radius 2 is 1.97 bits per heavy atom. The first-order valence-corrected chi connectivity index (χ1v) is 13.6. The highest BCUT2D eigenvalue weighted by molar-refractivity contribution is 7.21. The van der Waals surface area contributed by atoms with Crippen molar-refractivity contribution in [3.05, 3.63) is 53.6 Å². The summed E-state index contributed by atoms with van der Waals surface area (Å²) in [7, 11) is 0. The van der Waals surface area contributed by atoms with Crippen LogP contribution in [0.2, 0.25) is 0 Å². The van der Waals surface area contributed by atoms with Gasteiger partial charge in [0.25, 0.3) is 5.91 Å². The van der Waals surface area contributed by atoms with Crippen molar-refractivity contribution in [1.82, 2.24) is 15.6 Å². The highest BCUT2D eigenvalue weighted by atomic mass is 32.1. The lowest BCUT2D eigenvalue weighted by Gasteiger charge is -2.31. The molecule has 38 heavy (non-hydrogen) atoms. The molecule has 9 nitrogen and oxygen atoms in total. The molecule has 3 aromatic rings. The molecule has 0 saturated heterocycles. The lowest BCUT2D eigenvalue weighted by atomic mass is 9.91. The number of hydrogen-bond acceptors (Lipinski definition) is 6. The van der Waals surface area contributed by atoms with E-state index in [-0.39, 0.29) is 36.0 Å². The van der Waals surface area contributed by atoms with Crippen molar-refractivity contribution in [2.45, 2.75) is 64.6 Å². The Labute approximate surface area is 225 Å². The molecule has 1 aliphatic carbocycles. The average molecular weight is 534 g/mol. The molecule has 0 bridgehead atoms. The van der Waals surface area contributed by atoms with Gasteiger partial charge in [-0.25, -0.2) is 9.78 Å². The predicted octanol–water partition coefficient (Wildman–Crippen LogP) is 5.42. The Balaban J connectivity index is 1.43. The number of aryl methyl sites for hydroxylation is 1. The zero-order valence-electron chi connectivity index (χ0n) is 21.7. The highest BCUT2D eigenvalue weighted by Gasteiger charge is 2.34. The van der Waals surface area contributed by atoms with E-state index in [1.54, 1.807) is 17.2 Å². The number of ether oxygens (including phenoxy) is 1. The van der Waals surface area contributed by atoms with Gasteiger partial charge in [0.2, 0.25) is 5.91 Å². The molecular weight excluding hydrogens is 502 g/mol. The summed E-state index contributed by atoms with van der Waals surface area (Å²) >= 11 is 1.26. The molecule has 2 atom stereocenters. The van der Waals surface area contributed by atoms with Gasteiger partial charge in [-0.1, -0.05) is 6.58 Å². The van der Waals surface area contributed by atoms with Gasteiger partial charge in [0, 0.05) is 18.3 Å². The van der Waals surface area contributed by atoms with E-state index in [9.17, 15) is 14.4 Å². The summed E-state index contributed by atoms with van der Waals surface area (Å²) in [6, 6.07) is 6.99. The number of rotatable bonds is 7. The molecule has 3 heterocycles. The number of pyridine rings is 1. The summed E-state index contributed by atoms with van der Waals surface area (Å²) < 4.78 is 5.80. The second kappa shape index (κ2) is 10.4. The number of aromatic nitrogens is 1. The van der Waals surface area contributed by atoms with Crippen molar-refractivity contribution in [1.29, 1.82) is 0 Å². The number of thiophene rings is 1. The maximum Gasteiger partial charge on any atom is 0.331 e. The standard InChI is InChI=1S/C28H31N5O4S/c1-5-22(34)30-17-7-6-8-18(14-17)31-26(35)25-24-23-21(11-12-29-27(23)38-25)33(28(36)32-24)20-10-9-19(13-16(20)4)37-15(2)3/h5,9-13,15,17-18H,1,6-8,14H2,2-4H3,(H,30,34)(H,31,35)(H,32,36)/t17?,18-/m0/s1. The topological polar surface area (TPSA) is 113 Å². The lowest BCUT2D eigenvalue weighted by Crippen LogP contribution is -2.45. The minimum absolute atomic E-state index is 0.0117. The maximum absolute atomic E-state index is 13.4. The van der Waals surface area contributed by atoms with E-state index in [1.807, 2.05) is 39.0 Å². The number of urea groups is 1. The predicted molar refractivity (Wildman–Crippen MR) is 150 cm³/mol. The Hall–Kier alpha value is -3.92. The van der Waals surface area contributed by atoms with Gasteiger partial charge in [-0.15, -0.1) is 11.3 Å². The van der Waals surface area contributed by atoms with E-state index >= 15 is 0 Å². The van der Waals surface area contributed by atoms with E-state index in [1.165, 1.54) is 17.4 Å². The molecule has 198 valence electrons. The third-order valence-corrected chi connectivity index (χ3v) is 7.87. The monoisotopic (exact) mass is 533 g/mol. The van der Waals surface area contributed by atoms with E-state index < -0.39 is 0 Å². The molecule has 3 N–H and O–H groups in total. The van der Waals surface area contributed by atoms with Crippen molar-refractivity contribution in [3.63, 3.8) is 0 Å². The molecule has 2 aliphatic rings. The Morgan fingerprint density at radius 3 is 2.68 bits per heavy atom. The van der Waals surface area contributed by atoms with Gasteiger partial charge >= 0.3 is 6.03 Å². The van der Waals surface area contributed by atoms with Crippen LogP contribution in [-0.2, 0) is 4.79 Å². The van der Waals surface area contributed by atoms with Crippen molar-refractivity contribution in [3.8, 4) is 5.75 Å². The molecule has 1 fully saturated rings. The van der Waals surface area contributed by atoms with Crippen LogP contribution in [0, 0.1) is 6.92 Å². The highest BCUT2D eigenvalue weighted by Crippen LogP contribution is 2.46. The average Bonchev–Trinajstić information content (AvgIpc) is 3.24. The fourth-order valence-corrected chi connectivity index (χ4v) is 6.19. The zero-order valence-corrected chi connectivity index (χ0v) is 22.5. The summed E-state index contributed by atoms with van der Waals surface area (Å²) in [6.07, 6.45) is 6.19. The fourth-order valence-electron chi connectivity index (χ4n) is 5.17. The van der Waals surface area contributed by atoms with Gasteiger partial charge in [-0.05, 0) is 82.4 Å². The van der Waals surface area contributed by atoms with E-state index in [4.69, 9.17) is 4.74 Å². The first-order chi connectivity index (χ1) is 18.2. The van der Waals surface area contributed by atoms with Gasteiger partial charge in [-0.3, -0.25) is 14.5 Å². The molecule has 4 amide bonds. The number of hydrogen-bond donors (Lipinski definition) is 3. The SMILES string of the molecule is C=CC(=O)NC1CCC[C@H](NC(=O)c2sc3nccc4c3c2NC(=O)N4c2ccc(OC(C)C)cc2C)C1. The molecule has 2 aromatic heterocycles. The van der Waals surface area contributed by atoms with Gasteiger partial charge in [-0.2, -0.15) is 0 Å². The molecule has 1 unspecified atom stereocenters. The Morgan fingerprint density at radius 1 is 1.21 bits per heavy atom. The van der Waals surface area contributed by atoms with Gasteiger partial charge in [0.15, 0.2) is 0 Å². The largest absolute Gasteiger partial charge is 0.491 e. The molecule has 0 spiro atoms. The minimum Gasteiger partial charge on any atom is -0.491 e. The van der Waals surface area contributed by atoms with Crippen LogP contribution in [0.3, 0.4) is 0 Å². The number of benzene rings is 1. The van der Waals surface area contributed by atoms with E-state index in [0.29, 0.717) is 27.5 Å². The molecular formula is C28H31N5O4S. The maximum atomic E-state index is 13.4. The Bertz CT molecular complexity index is 1430. The third kappa shape index (κ3) is 4.96. The first-order valence-electron chi connectivity index (χ1n) is 12.8. The third-order valence-electron chi connectivity index (χ3n) is 6.77. The molecule has 1 saturated carbocycles. The molecule has 1 aliphatic heterocycles. The summed E-state index contributed by atoms with van der Waals surface area (Å²) in [4.78, 5) is 45.8. The summed E-state index contributed by atoms with van der Waals surface area (Å²) in [5, 5.41) is 9.73. The van der Waals surface area contributed by atoms with Crippen LogP contribution in [0.4, 0.5) is 21.9 Å². The van der Waals surface area contributed by atoms with Crippen LogP contribution >= 0.6 is 11.3 Å².